The highest BCUT2D eigenvalue weighted by Crippen LogP contribution is 2.49. The van der Waals surface area contributed by atoms with Crippen LogP contribution in [0.1, 0.15) is 24.8 Å². The first-order valence-corrected chi connectivity index (χ1v) is 5.68. The van der Waals surface area contributed by atoms with Crippen LogP contribution in [0.5, 0.6) is 11.5 Å². The van der Waals surface area contributed by atoms with Crippen molar-refractivity contribution in [3.63, 3.8) is 0 Å². The van der Waals surface area contributed by atoms with Crippen molar-refractivity contribution in [1.29, 1.82) is 0 Å². The number of phenolic OH excluding ortho intramolecular Hbond substituents is 1. The third-order valence-corrected chi connectivity index (χ3v) is 3.66. The van der Waals surface area contributed by atoms with Crippen LogP contribution in [0.3, 0.4) is 0 Å². The van der Waals surface area contributed by atoms with E-state index in [0.29, 0.717) is 16.3 Å². The van der Waals surface area contributed by atoms with Crippen molar-refractivity contribution in [3.05, 3.63) is 22.7 Å². The maximum atomic E-state index is 10.1. The van der Waals surface area contributed by atoms with Crippen molar-refractivity contribution in [1.82, 2.24) is 0 Å². The molecule has 88 valence electrons. The van der Waals surface area contributed by atoms with Gasteiger partial charge in [0.15, 0.2) is 11.5 Å². The number of ether oxygens (including phenoxy) is 1. The number of halogens is 1. The molecule has 0 amide bonds. The van der Waals surface area contributed by atoms with Gasteiger partial charge in [-0.2, -0.15) is 0 Å². The number of hydrogen-bond acceptors (Lipinski definition) is 3. The Balaban J connectivity index is 2.51. The Kier molecular flexibility index (Phi) is 3.00. The maximum absolute atomic E-state index is 10.1. The Labute approximate surface area is 99.6 Å². The van der Waals surface area contributed by atoms with Crippen LogP contribution < -0.4 is 4.74 Å². The number of aliphatic hydroxyl groups is 1. The summed E-state index contributed by atoms with van der Waals surface area (Å²) in [7, 11) is 1.49. The van der Waals surface area contributed by atoms with Gasteiger partial charge >= 0.3 is 0 Å². The quantitative estimate of drug-likeness (QED) is 0.856. The molecule has 1 aromatic rings. The minimum absolute atomic E-state index is 0.0318. The van der Waals surface area contributed by atoms with Crippen molar-refractivity contribution < 1.29 is 14.9 Å². The van der Waals surface area contributed by atoms with Gasteiger partial charge in [0, 0.05) is 22.1 Å². The van der Waals surface area contributed by atoms with Crippen molar-refractivity contribution in [2.24, 2.45) is 0 Å². The molecule has 0 bridgehead atoms. The molecule has 0 atom stereocenters. The van der Waals surface area contributed by atoms with Gasteiger partial charge in [0.25, 0.3) is 0 Å². The van der Waals surface area contributed by atoms with E-state index >= 15 is 0 Å². The lowest BCUT2D eigenvalue weighted by molar-refractivity contribution is 0.117. The molecule has 1 fully saturated rings. The van der Waals surface area contributed by atoms with Crippen LogP contribution in [0.2, 0.25) is 5.02 Å². The zero-order chi connectivity index (χ0) is 11.8. The molecule has 0 saturated heterocycles. The van der Waals surface area contributed by atoms with Crippen molar-refractivity contribution in [2.75, 3.05) is 13.7 Å². The molecule has 0 aromatic heterocycles. The van der Waals surface area contributed by atoms with Gasteiger partial charge in [0.2, 0.25) is 0 Å². The van der Waals surface area contributed by atoms with Gasteiger partial charge in [-0.25, -0.2) is 0 Å². The standard InChI is InChI=1S/C12H15ClO3/c1-16-10-6-8(13)5-9(11(10)15)12(7-14)3-2-4-12/h5-6,14-15H,2-4,7H2,1H3. The van der Waals surface area contributed by atoms with E-state index < -0.39 is 0 Å². The summed E-state index contributed by atoms with van der Waals surface area (Å²) in [6.45, 7) is 0.0318. The second-order valence-electron chi connectivity index (χ2n) is 4.30. The SMILES string of the molecule is COc1cc(Cl)cc(C2(CO)CCC2)c1O. The molecule has 0 heterocycles. The summed E-state index contributed by atoms with van der Waals surface area (Å²) in [4.78, 5) is 0. The largest absolute Gasteiger partial charge is 0.504 e. The third kappa shape index (κ3) is 1.64. The Bertz CT molecular complexity index is 394. The number of aliphatic hydroxyl groups excluding tert-OH is 1. The van der Waals surface area contributed by atoms with Crippen LogP contribution in [0.15, 0.2) is 12.1 Å². The van der Waals surface area contributed by atoms with E-state index in [1.165, 1.54) is 7.11 Å². The average Bonchev–Trinajstić information content (AvgIpc) is 2.21. The lowest BCUT2D eigenvalue weighted by atomic mass is 9.65. The molecule has 3 nitrogen and oxygen atoms in total. The molecule has 0 spiro atoms. The van der Waals surface area contributed by atoms with Gasteiger partial charge in [-0.1, -0.05) is 18.0 Å². The normalized spacial score (nSPS) is 17.9. The third-order valence-electron chi connectivity index (χ3n) is 3.44. The average molecular weight is 243 g/mol. The van der Waals surface area contributed by atoms with E-state index in [1.807, 2.05) is 0 Å². The summed E-state index contributed by atoms with van der Waals surface area (Å²) in [6.07, 6.45) is 2.82. The molecule has 2 rings (SSSR count). The Morgan fingerprint density at radius 2 is 2.12 bits per heavy atom. The number of methoxy groups -OCH3 is 1. The van der Waals surface area contributed by atoms with E-state index in [-0.39, 0.29) is 17.8 Å². The number of aromatic hydroxyl groups is 1. The van der Waals surface area contributed by atoms with Crippen LogP contribution in [0.25, 0.3) is 0 Å². The molecule has 4 heteroatoms. The first-order valence-electron chi connectivity index (χ1n) is 5.31. The summed E-state index contributed by atoms with van der Waals surface area (Å²) >= 11 is 5.97. The predicted octanol–water partition coefficient (Wildman–Crippen LogP) is 2.47. The highest BCUT2D eigenvalue weighted by atomic mass is 35.5. The zero-order valence-electron chi connectivity index (χ0n) is 9.16. The second-order valence-corrected chi connectivity index (χ2v) is 4.73. The second kappa shape index (κ2) is 4.15. The van der Waals surface area contributed by atoms with Crippen LogP contribution in [0, 0.1) is 0 Å². The predicted molar refractivity (Wildman–Crippen MR) is 62.3 cm³/mol. The fourth-order valence-electron chi connectivity index (χ4n) is 2.25. The molecule has 1 saturated carbocycles. The van der Waals surface area contributed by atoms with Gasteiger partial charge in [-0.3, -0.25) is 0 Å². The van der Waals surface area contributed by atoms with Crippen LogP contribution in [0.4, 0.5) is 0 Å². The Morgan fingerprint density at radius 1 is 1.44 bits per heavy atom. The molecule has 1 aromatic carbocycles. The molecule has 1 aliphatic rings. The van der Waals surface area contributed by atoms with Crippen molar-refractivity contribution >= 4 is 11.6 Å². The smallest absolute Gasteiger partial charge is 0.162 e. The van der Waals surface area contributed by atoms with E-state index in [9.17, 15) is 10.2 Å². The highest BCUT2D eigenvalue weighted by molar-refractivity contribution is 6.30. The number of benzene rings is 1. The van der Waals surface area contributed by atoms with Crippen LogP contribution in [-0.4, -0.2) is 23.9 Å². The lowest BCUT2D eigenvalue weighted by Gasteiger charge is -2.41. The fourth-order valence-corrected chi connectivity index (χ4v) is 2.46. The molecule has 16 heavy (non-hydrogen) atoms. The minimum Gasteiger partial charge on any atom is -0.504 e. The molecule has 2 N–H and O–H groups in total. The van der Waals surface area contributed by atoms with Gasteiger partial charge in [0.05, 0.1) is 13.7 Å². The van der Waals surface area contributed by atoms with E-state index in [4.69, 9.17) is 16.3 Å². The highest BCUT2D eigenvalue weighted by Gasteiger charge is 2.40. The maximum Gasteiger partial charge on any atom is 0.162 e. The lowest BCUT2D eigenvalue weighted by Crippen LogP contribution is -2.38. The fraction of sp³-hybridized carbons (Fsp3) is 0.500. The molecule has 1 aliphatic carbocycles. The number of phenols is 1. The molecular weight excluding hydrogens is 228 g/mol. The van der Waals surface area contributed by atoms with Gasteiger partial charge in [-0.05, 0) is 18.9 Å². The molecule has 0 radical (unpaired) electrons. The topological polar surface area (TPSA) is 49.7 Å². The van der Waals surface area contributed by atoms with E-state index in [0.717, 1.165) is 19.3 Å². The number of hydrogen-bond donors (Lipinski definition) is 2. The van der Waals surface area contributed by atoms with Crippen LogP contribution in [-0.2, 0) is 5.41 Å². The molecular formula is C12H15ClO3. The van der Waals surface area contributed by atoms with Crippen LogP contribution >= 0.6 is 11.6 Å². The zero-order valence-corrected chi connectivity index (χ0v) is 9.92. The summed E-state index contributed by atoms with van der Waals surface area (Å²) in [5.41, 5.74) is 0.369. The first-order chi connectivity index (χ1) is 7.63. The summed E-state index contributed by atoms with van der Waals surface area (Å²) in [5, 5.41) is 20.0. The summed E-state index contributed by atoms with van der Waals surface area (Å²) < 4.78 is 5.06. The Hall–Kier alpha value is -0.930. The van der Waals surface area contributed by atoms with E-state index in [1.54, 1.807) is 12.1 Å². The molecule has 0 unspecified atom stereocenters. The van der Waals surface area contributed by atoms with Gasteiger partial charge in [0.1, 0.15) is 0 Å². The van der Waals surface area contributed by atoms with Crippen molar-refractivity contribution in [2.45, 2.75) is 24.7 Å². The molecule has 0 aliphatic heterocycles. The summed E-state index contributed by atoms with van der Waals surface area (Å²) in [5.74, 6) is 0.461. The van der Waals surface area contributed by atoms with Gasteiger partial charge in [-0.15, -0.1) is 0 Å². The number of rotatable bonds is 3. The minimum atomic E-state index is -0.331. The first kappa shape index (κ1) is 11.6. The van der Waals surface area contributed by atoms with E-state index in [2.05, 4.69) is 0 Å². The summed E-state index contributed by atoms with van der Waals surface area (Å²) in [6, 6.07) is 3.29. The van der Waals surface area contributed by atoms with Gasteiger partial charge < -0.3 is 14.9 Å². The van der Waals surface area contributed by atoms with Crippen molar-refractivity contribution in [3.8, 4) is 11.5 Å². The monoisotopic (exact) mass is 242 g/mol. The Morgan fingerprint density at radius 3 is 2.56 bits per heavy atom.